The van der Waals surface area contributed by atoms with Gasteiger partial charge in [-0.1, -0.05) is 0 Å². The molecule has 0 unspecified atom stereocenters. The molecule has 0 radical (unpaired) electrons. The summed E-state index contributed by atoms with van der Waals surface area (Å²) in [4.78, 5) is 11.3. The van der Waals surface area contributed by atoms with Gasteiger partial charge in [0.25, 0.3) is 0 Å². The normalized spacial score (nSPS) is 20.8. The van der Waals surface area contributed by atoms with Gasteiger partial charge in [-0.05, 0) is 52.0 Å². The van der Waals surface area contributed by atoms with Crippen molar-refractivity contribution < 1.29 is 0 Å². The summed E-state index contributed by atoms with van der Waals surface area (Å²) < 4.78 is 0. The molecule has 0 aromatic carbocycles. The predicted molar refractivity (Wildman–Crippen MR) is 77.5 cm³/mol. The Balaban J connectivity index is 1.53. The summed E-state index contributed by atoms with van der Waals surface area (Å²) in [6.45, 7) is 7.49. The lowest BCUT2D eigenvalue weighted by molar-refractivity contribution is 0.380. The van der Waals surface area contributed by atoms with Crippen LogP contribution in [0, 0.1) is 19.8 Å². The van der Waals surface area contributed by atoms with Crippen molar-refractivity contribution >= 4 is 5.82 Å². The highest BCUT2D eigenvalue weighted by atomic mass is 15.2. The number of nitrogens with one attached hydrogen (secondary N) is 1. The number of piperidine rings is 1. The highest BCUT2D eigenvalue weighted by molar-refractivity contribution is 5.40. The third kappa shape index (κ3) is 3.44. The molecule has 4 nitrogen and oxygen atoms in total. The SMILES string of the molecule is Cc1cc(N2CCC(CNC3CC3)CC2)nc(C)n1. The van der Waals surface area contributed by atoms with Gasteiger partial charge in [0, 0.05) is 30.9 Å². The number of hydrogen-bond donors (Lipinski definition) is 1. The minimum Gasteiger partial charge on any atom is -0.356 e. The fourth-order valence-electron chi connectivity index (χ4n) is 2.85. The number of nitrogens with zero attached hydrogens (tertiary/aromatic N) is 3. The van der Waals surface area contributed by atoms with E-state index in [1.807, 2.05) is 13.8 Å². The van der Waals surface area contributed by atoms with Crippen molar-refractivity contribution in [2.45, 2.75) is 45.6 Å². The molecule has 19 heavy (non-hydrogen) atoms. The first-order valence-corrected chi connectivity index (χ1v) is 7.51. The summed E-state index contributed by atoms with van der Waals surface area (Å²) in [5.74, 6) is 2.84. The van der Waals surface area contributed by atoms with Crippen molar-refractivity contribution in [1.82, 2.24) is 15.3 Å². The van der Waals surface area contributed by atoms with Crippen LogP contribution in [0.1, 0.15) is 37.2 Å². The van der Waals surface area contributed by atoms with E-state index in [2.05, 4.69) is 26.3 Å². The summed E-state index contributed by atoms with van der Waals surface area (Å²) in [7, 11) is 0. The number of hydrogen-bond acceptors (Lipinski definition) is 4. The summed E-state index contributed by atoms with van der Waals surface area (Å²) in [5, 5.41) is 3.65. The average Bonchev–Trinajstić information content (AvgIpc) is 3.20. The van der Waals surface area contributed by atoms with Crippen LogP contribution in [0.3, 0.4) is 0 Å². The van der Waals surface area contributed by atoms with Gasteiger partial charge < -0.3 is 10.2 Å². The second-order valence-corrected chi connectivity index (χ2v) is 6.03. The first-order chi connectivity index (χ1) is 9.20. The van der Waals surface area contributed by atoms with Gasteiger partial charge in [-0.3, -0.25) is 0 Å². The highest BCUT2D eigenvalue weighted by Gasteiger charge is 2.24. The van der Waals surface area contributed by atoms with Crippen LogP contribution in [-0.2, 0) is 0 Å². The van der Waals surface area contributed by atoms with E-state index in [9.17, 15) is 0 Å². The average molecular weight is 260 g/mol. The lowest BCUT2D eigenvalue weighted by Crippen LogP contribution is -2.38. The van der Waals surface area contributed by atoms with Crippen LogP contribution in [-0.4, -0.2) is 35.6 Å². The Hall–Kier alpha value is -1.16. The maximum atomic E-state index is 4.57. The van der Waals surface area contributed by atoms with Crippen LogP contribution in [0.4, 0.5) is 5.82 Å². The smallest absolute Gasteiger partial charge is 0.132 e. The van der Waals surface area contributed by atoms with Crippen LogP contribution in [0.15, 0.2) is 6.07 Å². The van der Waals surface area contributed by atoms with Crippen molar-refractivity contribution in [2.75, 3.05) is 24.5 Å². The minimum absolute atomic E-state index is 0.838. The molecule has 104 valence electrons. The second kappa shape index (κ2) is 5.45. The lowest BCUT2D eigenvalue weighted by Gasteiger charge is -2.33. The zero-order chi connectivity index (χ0) is 13.2. The van der Waals surface area contributed by atoms with E-state index in [-0.39, 0.29) is 0 Å². The largest absolute Gasteiger partial charge is 0.356 e. The lowest BCUT2D eigenvalue weighted by atomic mass is 9.97. The Morgan fingerprint density at radius 2 is 1.89 bits per heavy atom. The molecule has 1 saturated carbocycles. The van der Waals surface area contributed by atoms with Crippen molar-refractivity contribution in [3.8, 4) is 0 Å². The van der Waals surface area contributed by atoms with Gasteiger partial charge in [-0.15, -0.1) is 0 Å². The molecule has 0 amide bonds. The van der Waals surface area contributed by atoms with Gasteiger partial charge in [-0.25, -0.2) is 9.97 Å². The maximum Gasteiger partial charge on any atom is 0.132 e. The molecule has 0 atom stereocenters. The molecular weight excluding hydrogens is 236 g/mol. The zero-order valence-electron chi connectivity index (χ0n) is 12.0. The van der Waals surface area contributed by atoms with Crippen LogP contribution < -0.4 is 10.2 Å². The molecule has 1 aromatic rings. The Bertz CT molecular complexity index is 414. The van der Waals surface area contributed by atoms with Crippen LogP contribution in [0.2, 0.25) is 0 Å². The molecular formula is C15H24N4. The number of anilines is 1. The quantitative estimate of drug-likeness (QED) is 0.899. The summed E-state index contributed by atoms with van der Waals surface area (Å²) in [6, 6.07) is 2.95. The fourth-order valence-corrected chi connectivity index (χ4v) is 2.85. The Morgan fingerprint density at radius 3 is 2.53 bits per heavy atom. The van der Waals surface area contributed by atoms with Crippen LogP contribution in [0.25, 0.3) is 0 Å². The number of rotatable bonds is 4. The van der Waals surface area contributed by atoms with E-state index in [1.165, 1.54) is 32.2 Å². The molecule has 1 aliphatic carbocycles. The van der Waals surface area contributed by atoms with Gasteiger partial charge in [-0.2, -0.15) is 0 Å². The van der Waals surface area contributed by atoms with E-state index >= 15 is 0 Å². The first-order valence-electron chi connectivity index (χ1n) is 7.51. The van der Waals surface area contributed by atoms with Crippen molar-refractivity contribution in [3.05, 3.63) is 17.6 Å². The summed E-state index contributed by atoms with van der Waals surface area (Å²) >= 11 is 0. The number of aryl methyl sites for hydroxylation is 2. The monoisotopic (exact) mass is 260 g/mol. The van der Waals surface area contributed by atoms with E-state index in [4.69, 9.17) is 0 Å². The molecule has 0 bridgehead atoms. The molecule has 1 aliphatic heterocycles. The molecule has 4 heteroatoms. The van der Waals surface area contributed by atoms with Crippen LogP contribution >= 0.6 is 0 Å². The van der Waals surface area contributed by atoms with Crippen LogP contribution in [0.5, 0.6) is 0 Å². The Kier molecular flexibility index (Phi) is 3.69. The topological polar surface area (TPSA) is 41.0 Å². The minimum atomic E-state index is 0.838. The Morgan fingerprint density at radius 1 is 1.16 bits per heavy atom. The van der Waals surface area contributed by atoms with Gasteiger partial charge >= 0.3 is 0 Å². The molecule has 1 aromatic heterocycles. The first kappa shape index (κ1) is 12.9. The fraction of sp³-hybridized carbons (Fsp3) is 0.733. The highest BCUT2D eigenvalue weighted by Crippen LogP contribution is 2.24. The zero-order valence-corrected chi connectivity index (χ0v) is 12.0. The maximum absolute atomic E-state index is 4.57. The van der Waals surface area contributed by atoms with Gasteiger partial charge in [0.15, 0.2) is 0 Å². The molecule has 1 N–H and O–H groups in total. The van der Waals surface area contributed by atoms with E-state index in [0.717, 1.165) is 42.4 Å². The van der Waals surface area contributed by atoms with Gasteiger partial charge in [0.05, 0.1) is 0 Å². The number of aromatic nitrogens is 2. The third-order valence-electron chi connectivity index (χ3n) is 4.16. The molecule has 0 spiro atoms. The summed E-state index contributed by atoms with van der Waals surface area (Å²) in [5.41, 5.74) is 1.07. The Labute approximate surface area is 115 Å². The summed E-state index contributed by atoms with van der Waals surface area (Å²) in [6.07, 6.45) is 5.33. The predicted octanol–water partition coefficient (Wildman–Crippen LogP) is 2.06. The van der Waals surface area contributed by atoms with E-state index in [0.29, 0.717) is 0 Å². The second-order valence-electron chi connectivity index (χ2n) is 6.03. The van der Waals surface area contributed by atoms with E-state index in [1.54, 1.807) is 0 Å². The molecule has 1 saturated heterocycles. The molecule has 3 rings (SSSR count). The van der Waals surface area contributed by atoms with Gasteiger partial charge in [0.1, 0.15) is 11.6 Å². The van der Waals surface area contributed by atoms with E-state index < -0.39 is 0 Å². The van der Waals surface area contributed by atoms with Gasteiger partial charge in [0.2, 0.25) is 0 Å². The van der Waals surface area contributed by atoms with Crippen molar-refractivity contribution in [2.24, 2.45) is 5.92 Å². The van der Waals surface area contributed by atoms with Crippen molar-refractivity contribution in [1.29, 1.82) is 0 Å². The molecule has 2 aliphatic rings. The van der Waals surface area contributed by atoms with Crippen molar-refractivity contribution in [3.63, 3.8) is 0 Å². The molecule has 2 fully saturated rings. The standard InChI is InChI=1S/C15H24N4/c1-11-9-15(18-12(2)17-11)19-7-5-13(6-8-19)10-16-14-3-4-14/h9,13-14,16H,3-8,10H2,1-2H3. The molecule has 2 heterocycles. The third-order valence-corrected chi connectivity index (χ3v) is 4.16.